The van der Waals surface area contributed by atoms with E-state index in [0.29, 0.717) is 22.1 Å². The van der Waals surface area contributed by atoms with Crippen LogP contribution in [-0.2, 0) is 11.3 Å². The molecule has 0 saturated heterocycles. The van der Waals surface area contributed by atoms with Gasteiger partial charge in [0.15, 0.2) is 5.69 Å². The van der Waals surface area contributed by atoms with Gasteiger partial charge in [0.2, 0.25) is 0 Å². The highest BCUT2D eigenvalue weighted by molar-refractivity contribution is 6.31. The van der Waals surface area contributed by atoms with E-state index in [4.69, 9.17) is 22.1 Å². The molecule has 10 heteroatoms. The SMILES string of the molecule is C[C@H](N)CN(C[C@H](C)O)C(=O)N1Cc2c(C(=O)OC(C)(C)C)ncn2-c2ccc(Cl)cc21. The van der Waals surface area contributed by atoms with E-state index in [2.05, 4.69) is 4.98 Å². The van der Waals surface area contributed by atoms with Gasteiger partial charge in [-0.1, -0.05) is 11.6 Å². The lowest BCUT2D eigenvalue weighted by atomic mass is 10.1. The fourth-order valence-electron chi connectivity index (χ4n) is 3.62. The molecule has 3 rings (SSSR count). The minimum absolute atomic E-state index is 0.0794. The molecule has 1 aromatic heterocycles. The van der Waals surface area contributed by atoms with Gasteiger partial charge in [0, 0.05) is 24.2 Å². The molecule has 0 unspecified atom stereocenters. The molecule has 0 fully saturated rings. The smallest absolute Gasteiger partial charge is 0.359 e. The average Bonchev–Trinajstić information content (AvgIpc) is 3.08. The monoisotopic (exact) mass is 463 g/mol. The second-order valence-corrected chi connectivity index (χ2v) is 9.58. The number of hydrogen-bond donors (Lipinski definition) is 2. The Bertz CT molecular complexity index is 1000. The molecule has 174 valence electrons. The lowest BCUT2D eigenvalue weighted by Crippen LogP contribution is -2.50. The van der Waals surface area contributed by atoms with Crippen LogP contribution >= 0.6 is 11.6 Å². The number of halogens is 1. The molecule has 0 bridgehead atoms. The number of amides is 2. The van der Waals surface area contributed by atoms with Gasteiger partial charge in [-0.05, 0) is 52.8 Å². The quantitative estimate of drug-likeness (QED) is 0.659. The van der Waals surface area contributed by atoms with E-state index >= 15 is 0 Å². The third-order valence-electron chi connectivity index (χ3n) is 4.75. The number of benzene rings is 1. The zero-order valence-corrected chi connectivity index (χ0v) is 19.8. The molecule has 9 nitrogen and oxygen atoms in total. The minimum Gasteiger partial charge on any atom is -0.455 e. The van der Waals surface area contributed by atoms with Gasteiger partial charge in [-0.2, -0.15) is 0 Å². The van der Waals surface area contributed by atoms with Crippen LogP contribution in [0.2, 0.25) is 5.02 Å². The summed E-state index contributed by atoms with van der Waals surface area (Å²) in [5, 5.41) is 10.4. The second kappa shape index (κ2) is 9.09. The van der Waals surface area contributed by atoms with Gasteiger partial charge in [-0.15, -0.1) is 0 Å². The topological polar surface area (TPSA) is 114 Å². The number of urea groups is 1. The zero-order valence-electron chi connectivity index (χ0n) is 19.0. The Morgan fingerprint density at radius 2 is 1.97 bits per heavy atom. The molecule has 0 spiro atoms. The first kappa shape index (κ1) is 24.0. The Labute approximate surface area is 192 Å². The Balaban J connectivity index is 2.06. The molecule has 2 heterocycles. The van der Waals surface area contributed by atoms with Crippen LogP contribution in [0.1, 0.15) is 50.8 Å². The van der Waals surface area contributed by atoms with E-state index in [1.807, 2.05) is 0 Å². The first-order valence-corrected chi connectivity index (χ1v) is 10.8. The molecule has 2 amide bonds. The number of imidazole rings is 1. The molecular weight excluding hydrogens is 434 g/mol. The van der Waals surface area contributed by atoms with Gasteiger partial charge in [0.1, 0.15) is 11.9 Å². The number of aliphatic hydroxyl groups is 1. The van der Waals surface area contributed by atoms with E-state index in [9.17, 15) is 14.7 Å². The molecule has 3 N–H and O–H groups in total. The first-order chi connectivity index (χ1) is 14.9. The van der Waals surface area contributed by atoms with Crippen LogP contribution in [0.4, 0.5) is 10.5 Å². The number of carbonyl (C=O) groups is 2. The summed E-state index contributed by atoms with van der Waals surface area (Å²) >= 11 is 6.24. The highest BCUT2D eigenvalue weighted by Gasteiger charge is 2.35. The molecule has 2 aromatic rings. The first-order valence-electron chi connectivity index (χ1n) is 10.5. The van der Waals surface area contributed by atoms with Gasteiger partial charge in [-0.3, -0.25) is 9.47 Å². The summed E-state index contributed by atoms with van der Waals surface area (Å²) in [5.74, 6) is -0.563. The Morgan fingerprint density at radius 3 is 2.56 bits per heavy atom. The molecule has 1 aliphatic rings. The lowest BCUT2D eigenvalue weighted by Gasteiger charge is -2.36. The van der Waals surface area contributed by atoms with Crippen molar-refractivity contribution in [1.29, 1.82) is 0 Å². The highest BCUT2D eigenvalue weighted by atomic mass is 35.5. The van der Waals surface area contributed by atoms with Gasteiger partial charge in [-0.25, -0.2) is 14.6 Å². The predicted octanol–water partition coefficient (Wildman–Crippen LogP) is 2.95. The summed E-state index contributed by atoms with van der Waals surface area (Å²) in [6, 6.07) is 4.53. The van der Waals surface area contributed by atoms with E-state index < -0.39 is 17.7 Å². The normalized spacial score (nSPS) is 14.9. The average molecular weight is 464 g/mol. The number of fused-ring (bicyclic) bond motifs is 3. The van der Waals surface area contributed by atoms with Crippen LogP contribution in [0.15, 0.2) is 24.5 Å². The third-order valence-corrected chi connectivity index (χ3v) is 4.98. The number of carbonyl (C=O) groups excluding carboxylic acids is 2. The summed E-state index contributed by atoms with van der Waals surface area (Å²) in [5.41, 5.74) is 7.16. The van der Waals surface area contributed by atoms with Crippen molar-refractivity contribution in [2.75, 3.05) is 18.0 Å². The fourth-order valence-corrected chi connectivity index (χ4v) is 3.79. The van der Waals surface area contributed by atoms with Crippen molar-refractivity contribution in [3.63, 3.8) is 0 Å². The maximum absolute atomic E-state index is 13.6. The number of esters is 1. The number of aliphatic hydroxyl groups excluding tert-OH is 1. The van der Waals surface area contributed by atoms with Crippen LogP contribution in [-0.4, -0.2) is 62.4 Å². The predicted molar refractivity (Wildman–Crippen MR) is 122 cm³/mol. The molecular formula is C22H30ClN5O4. The number of hydrogen-bond acceptors (Lipinski definition) is 6. The number of nitrogens with zero attached hydrogens (tertiary/aromatic N) is 4. The maximum atomic E-state index is 13.6. The van der Waals surface area contributed by atoms with Gasteiger partial charge in [0.25, 0.3) is 0 Å². The Hall–Kier alpha value is -2.62. The van der Waals surface area contributed by atoms with Crippen LogP contribution < -0.4 is 10.6 Å². The van der Waals surface area contributed by atoms with Crippen molar-refractivity contribution in [2.24, 2.45) is 5.73 Å². The summed E-state index contributed by atoms with van der Waals surface area (Å²) in [6.07, 6.45) is 0.808. The maximum Gasteiger partial charge on any atom is 0.359 e. The highest BCUT2D eigenvalue weighted by Crippen LogP contribution is 2.36. The van der Waals surface area contributed by atoms with Crippen molar-refractivity contribution in [1.82, 2.24) is 14.5 Å². The minimum atomic E-state index is -0.732. The van der Waals surface area contributed by atoms with E-state index in [1.165, 1.54) is 9.80 Å². The lowest BCUT2D eigenvalue weighted by molar-refractivity contribution is 0.00619. The largest absolute Gasteiger partial charge is 0.455 e. The van der Waals surface area contributed by atoms with Gasteiger partial charge in [0.05, 0.1) is 29.7 Å². The fraction of sp³-hybridized carbons (Fsp3) is 0.500. The van der Waals surface area contributed by atoms with Crippen LogP contribution in [0.3, 0.4) is 0 Å². The third kappa shape index (κ3) is 5.23. The number of ether oxygens (including phenoxy) is 1. The van der Waals surface area contributed by atoms with Crippen molar-refractivity contribution in [3.8, 4) is 5.69 Å². The second-order valence-electron chi connectivity index (χ2n) is 9.14. The summed E-state index contributed by atoms with van der Waals surface area (Å²) in [6.45, 7) is 9.19. The molecule has 1 aliphatic heterocycles. The van der Waals surface area contributed by atoms with Crippen LogP contribution in [0, 0.1) is 0 Å². The number of aromatic nitrogens is 2. The van der Waals surface area contributed by atoms with Crippen molar-refractivity contribution in [3.05, 3.63) is 40.9 Å². The molecule has 0 aliphatic carbocycles. The summed E-state index contributed by atoms with van der Waals surface area (Å²) in [7, 11) is 0. The zero-order chi connectivity index (χ0) is 23.8. The van der Waals surface area contributed by atoms with Crippen molar-refractivity contribution < 1.29 is 19.4 Å². The summed E-state index contributed by atoms with van der Waals surface area (Å²) in [4.78, 5) is 33.7. The Kier molecular flexibility index (Phi) is 6.83. The van der Waals surface area contributed by atoms with Crippen LogP contribution in [0.5, 0.6) is 0 Å². The van der Waals surface area contributed by atoms with Crippen LogP contribution in [0.25, 0.3) is 5.69 Å². The molecule has 32 heavy (non-hydrogen) atoms. The molecule has 0 radical (unpaired) electrons. The summed E-state index contributed by atoms with van der Waals surface area (Å²) < 4.78 is 7.27. The standard InChI is InChI=1S/C22H30ClN5O4/c1-13(24)9-26(10-14(2)29)21(31)27-11-18-19(20(30)32-22(3,4)5)25-12-28(18)16-7-6-15(23)8-17(16)27/h6-8,12-14,29H,9-11,24H2,1-5H3/t13-,14-/m0/s1. The Morgan fingerprint density at radius 1 is 1.28 bits per heavy atom. The molecule has 1 aromatic carbocycles. The van der Waals surface area contributed by atoms with Gasteiger partial charge >= 0.3 is 12.0 Å². The number of anilines is 1. The van der Waals surface area contributed by atoms with Crippen molar-refractivity contribution in [2.45, 2.75) is 58.9 Å². The molecule has 0 saturated carbocycles. The van der Waals surface area contributed by atoms with E-state index in [1.54, 1.807) is 63.7 Å². The van der Waals surface area contributed by atoms with Gasteiger partial charge < -0.3 is 20.5 Å². The van der Waals surface area contributed by atoms with E-state index in [-0.39, 0.29) is 37.4 Å². The number of nitrogens with two attached hydrogens (primary N) is 1. The van der Waals surface area contributed by atoms with Crippen molar-refractivity contribution >= 4 is 29.3 Å². The number of rotatable bonds is 5. The molecule has 2 atom stereocenters. The van der Waals surface area contributed by atoms with E-state index in [0.717, 1.165) is 0 Å².